The van der Waals surface area contributed by atoms with E-state index < -0.39 is 0 Å². The summed E-state index contributed by atoms with van der Waals surface area (Å²) < 4.78 is 0. The van der Waals surface area contributed by atoms with Gasteiger partial charge in [-0.2, -0.15) is 5.06 Å². The SMILES string of the molecule is Nc1ccc(CN2CCCCO2)c2ncccc12. The minimum absolute atomic E-state index is 0.772. The number of benzene rings is 1. The molecule has 94 valence electrons. The highest BCUT2D eigenvalue weighted by Crippen LogP contribution is 2.24. The number of nitrogens with zero attached hydrogens (tertiary/aromatic N) is 2. The Labute approximate surface area is 106 Å². The molecule has 0 saturated carbocycles. The van der Waals surface area contributed by atoms with Crippen molar-refractivity contribution >= 4 is 16.6 Å². The van der Waals surface area contributed by atoms with Gasteiger partial charge in [-0.1, -0.05) is 6.07 Å². The lowest BCUT2D eigenvalue weighted by atomic mass is 10.1. The number of rotatable bonds is 2. The van der Waals surface area contributed by atoms with E-state index in [-0.39, 0.29) is 0 Å². The first kappa shape index (κ1) is 11.4. The zero-order chi connectivity index (χ0) is 12.4. The Kier molecular flexibility index (Phi) is 3.13. The minimum atomic E-state index is 0.772. The van der Waals surface area contributed by atoms with E-state index in [0.717, 1.165) is 42.7 Å². The number of fused-ring (bicyclic) bond motifs is 1. The molecule has 4 heteroatoms. The molecule has 0 amide bonds. The largest absolute Gasteiger partial charge is 0.398 e. The van der Waals surface area contributed by atoms with Gasteiger partial charge in [0.05, 0.1) is 18.7 Å². The first-order valence-corrected chi connectivity index (χ1v) is 6.34. The van der Waals surface area contributed by atoms with Crippen molar-refractivity contribution in [2.45, 2.75) is 19.4 Å². The summed E-state index contributed by atoms with van der Waals surface area (Å²) in [6.07, 6.45) is 4.15. The van der Waals surface area contributed by atoms with Crippen LogP contribution in [0, 0.1) is 0 Å². The lowest BCUT2D eigenvalue weighted by Crippen LogP contribution is -2.29. The standard InChI is InChI=1S/C14H17N3O/c15-13-6-5-11(10-17-8-1-2-9-18-17)14-12(13)4-3-7-16-14/h3-7H,1-2,8-10,15H2. The van der Waals surface area contributed by atoms with Gasteiger partial charge in [-0.3, -0.25) is 9.82 Å². The topological polar surface area (TPSA) is 51.4 Å². The first-order valence-electron chi connectivity index (χ1n) is 6.34. The minimum Gasteiger partial charge on any atom is -0.398 e. The third-order valence-corrected chi connectivity index (χ3v) is 3.31. The van der Waals surface area contributed by atoms with Gasteiger partial charge in [0.15, 0.2) is 0 Å². The fourth-order valence-corrected chi connectivity index (χ4v) is 2.34. The fraction of sp³-hybridized carbons (Fsp3) is 0.357. The Morgan fingerprint density at radius 2 is 2.22 bits per heavy atom. The number of anilines is 1. The second kappa shape index (κ2) is 4.92. The Morgan fingerprint density at radius 3 is 3.06 bits per heavy atom. The van der Waals surface area contributed by atoms with Crippen molar-refractivity contribution in [1.29, 1.82) is 0 Å². The average molecular weight is 243 g/mol. The van der Waals surface area contributed by atoms with Gasteiger partial charge in [0, 0.05) is 23.8 Å². The van der Waals surface area contributed by atoms with E-state index in [1.807, 2.05) is 35.5 Å². The van der Waals surface area contributed by atoms with Crippen LogP contribution >= 0.6 is 0 Å². The highest BCUT2D eigenvalue weighted by Gasteiger charge is 2.13. The van der Waals surface area contributed by atoms with Crippen LogP contribution in [0.15, 0.2) is 30.5 Å². The van der Waals surface area contributed by atoms with Crippen LogP contribution in [0.4, 0.5) is 5.69 Å². The molecule has 2 heterocycles. The molecule has 2 aromatic rings. The molecular formula is C14H17N3O. The highest BCUT2D eigenvalue weighted by atomic mass is 16.7. The van der Waals surface area contributed by atoms with E-state index in [1.165, 1.54) is 12.0 Å². The average Bonchev–Trinajstić information content (AvgIpc) is 2.44. The van der Waals surface area contributed by atoms with Crippen LogP contribution in [-0.4, -0.2) is 23.2 Å². The van der Waals surface area contributed by atoms with Crippen LogP contribution < -0.4 is 5.73 Å². The third kappa shape index (κ3) is 2.17. The molecule has 18 heavy (non-hydrogen) atoms. The molecule has 1 aliphatic rings. The monoisotopic (exact) mass is 243 g/mol. The molecule has 0 spiro atoms. The van der Waals surface area contributed by atoms with Crippen LogP contribution in [0.3, 0.4) is 0 Å². The normalized spacial score (nSPS) is 17.1. The van der Waals surface area contributed by atoms with Gasteiger partial charge in [-0.05, 0) is 36.6 Å². The molecule has 4 nitrogen and oxygen atoms in total. The summed E-state index contributed by atoms with van der Waals surface area (Å²) in [5, 5.41) is 3.04. The highest BCUT2D eigenvalue weighted by molar-refractivity contribution is 5.92. The van der Waals surface area contributed by atoms with E-state index in [2.05, 4.69) is 4.98 Å². The number of nitrogens with two attached hydrogens (primary N) is 1. The maximum absolute atomic E-state index is 5.97. The summed E-state index contributed by atoms with van der Waals surface area (Å²) >= 11 is 0. The molecule has 3 rings (SSSR count). The summed E-state index contributed by atoms with van der Waals surface area (Å²) in [5.74, 6) is 0. The molecular weight excluding hydrogens is 226 g/mol. The molecule has 1 saturated heterocycles. The van der Waals surface area contributed by atoms with E-state index in [4.69, 9.17) is 10.6 Å². The Morgan fingerprint density at radius 1 is 1.28 bits per heavy atom. The quantitative estimate of drug-likeness (QED) is 0.823. The van der Waals surface area contributed by atoms with Gasteiger partial charge < -0.3 is 5.73 Å². The number of hydrogen-bond acceptors (Lipinski definition) is 4. The Hall–Kier alpha value is -1.65. The van der Waals surface area contributed by atoms with Gasteiger partial charge in [0.1, 0.15) is 0 Å². The lowest BCUT2D eigenvalue weighted by molar-refractivity contribution is -0.187. The lowest BCUT2D eigenvalue weighted by Gasteiger charge is -2.26. The predicted octanol–water partition coefficient (Wildman–Crippen LogP) is 2.34. The van der Waals surface area contributed by atoms with Crippen molar-refractivity contribution in [1.82, 2.24) is 10.0 Å². The van der Waals surface area contributed by atoms with Crippen molar-refractivity contribution in [2.75, 3.05) is 18.9 Å². The van der Waals surface area contributed by atoms with Crippen molar-refractivity contribution in [3.8, 4) is 0 Å². The molecule has 2 N–H and O–H groups in total. The van der Waals surface area contributed by atoms with Gasteiger partial charge in [-0.15, -0.1) is 0 Å². The zero-order valence-electron chi connectivity index (χ0n) is 10.3. The second-order valence-corrected chi connectivity index (χ2v) is 4.62. The number of pyridine rings is 1. The van der Waals surface area contributed by atoms with E-state index in [1.54, 1.807) is 0 Å². The van der Waals surface area contributed by atoms with Crippen LogP contribution in [0.5, 0.6) is 0 Å². The summed E-state index contributed by atoms with van der Waals surface area (Å²) in [5.41, 5.74) is 8.90. The third-order valence-electron chi connectivity index (χ3n) is 3.31. The van der Waals surface area contributed by atoms with Gasteiger partial charge in [-0.25, -0.2) is 0 Å². The van der Waals surface area contributed by atoms with Gasteiger partial charge >= 0.3 is 0 Å². The Balaban J connectivity index is 1.94. The first-order chi connectivity index (χ1) is 8.84. The molecule has 1 aromatic heterocycles. The molecule has 1 aliphatic heterocycles. The number of hydroxylamine groups is 2. The van der Waals surface area contributed by atoms with E-state index in [9.17, 15) is 0 Å². The molecule has 0 aliphatic carbocycles. The van der Waals surface area contributed by atoms with Crippen LogP contribution in [0.2, 0.25) is 0 Å². The predicted molar refractivity (Wildman–Crippen MR) is 71.8 cm³/mol. The summed E-state index contributed by atoms with van der Waals surface area (Å²) in [6.45, 7) is 2.58. The van der Waals surface area contributed by atoms with E-state index in [0.29, 0.717) is 0 Å². The Bertz CT molecular complexity index is 550. The number of nitrogen functional groups attached to an aromatic ring is 1. The molecule has 0 atom stereocenters. The summed E-state index contributed by atoms with van der Waals surface area (Å²) in [7, 11) is 0. The van der Waals surface area contributed by atoms with Gasteiger partial charge in [0.25, 0.3) is 0 Å². The van der Waals surface area contributed by atoms with E-state index >= 15 is 0 Å². The number of aromatic nitrogens is 1. The molecule has 0 unspecified atom stereocenters. The smallest absolute Gasteiger partial charge is 0.0768 e. The number of hydrogen-bond donors (Lipinski definition) is 1. The van der Waals surface area contributed by atoms with Gasteiger partial charge in [0.2, 0.25) is 0 Å². The van der Waals surface area contributed by atoms with Crippen LogP contribution in [0.1, 0.15) is 18.4 Å². The molecule has 0 bridgehead atoms. The molecule has 1 aromatic carbocycles. The summed E-state index contributed by atoms with van der Waals surface area (Å²) in [4.78, 5) is 10.1. The van der Waals surface area contributed by atoms with Crippen molar-refractivity contribution in [2.24, 2.45) is 0 Å². The zero-order valence-corrected chi connectivity index (χ0v) is 10.3. The summed E-state index contributed by atoms with van der Waals surface area (Å²) in [6, 6.07) is 7.92. The van der Waals surface area contributed by atoms with Crippen molar-refractivity contribution in [3.63, 3.8) is 0 Å². The van der Waals surface area contributed by atoms with Crippen LogP contribution in [0.25, 0.3) is 10.9 Å². The van der Waals surface area contributed by atoms with Crippen LogP contribution in [-0.2, 0) is 11.4 Å². The molecule has 1 fully saturated rings. The molecule has 0 radical (unpaired) electrons. The van der Waals surface area contributed by atoms with Crippen molar-refractivity contribution < 1.29 is 4.84 Å². The fourth-order valence-electron chi connectivity index (χ4n) is 2.34. The maximum Gasteiger partial charge on any atom is 0.0768 e. The van der Waals surface area contributed by atoms with Crippen molar-refractivity contribution in [3.05, 3.63) is 36.0 Å². The maximum atomic E-state index is 5.97. The second-order valence-electron chi connectivity index (χ2n) is 4.62.